The van der Waals surface area contributed by atoms with Gasteiger partial charge in [0.05, 0.1) is 11.0 Å². The highest BCUT2D eigenvalue weighted by atomic mass is 32.2. The molecule has 21 heavy (non-hydrogen) atoms. The molecule has 0 radical (unpaired) electrons. The van der Waals surface area contributed by atoms with Crippen molar-refractivity contribution in [3.63, 3.8) is 0 Å². The van der Waals surface area contributed by atoms with Crippen LogP contribution in [0.3, 0.4) is 0 Å². The SMILES string of the molecule is CCCNc1cc(S(=O)(=O)N(CCC#N)C2CC2)ccn1. The van der Waals surface area contributed by atoms with E-state index >= 15 is 0 Å². The third-order valence-electron chi connectivity index (χ3n) is 3.29. The number of pyridine rings is 1. The van der Waals surface area contributed by atoms with Gasteiger partial charge in [0.25, 0.3) is 0 Å². The quantitative estimate of drug-likeness (QED) is 0.793. The second kappa shape index (κ2) is 6.87. The lowest BCUT2D eigenvalue weighted by molar-refractivity contribution is 0.411. The zero-order chi connectivity index (χ0) is 15.3. The van der Waals surface area contributed by atoms with E-state index in [1.165, 1.54) is 16.6 Å². The van der Waals surface area contributed by atoms with E-state index < -0.39 is 10.0 Å². The van der Waals surface area contributed by atoms with Crippen LogP contribution in [0.15, 0.2) is 23.2 Å². The van der Waals surface area contributed by atoms with Crippen molar-refractivity contribution in [1.82, 2.24) is 9.29 Å². The van der Waals surface area contributed by atoms with Gasteiger partial charge < -0.3 is 5.32 Å². The molecule has 1 aliphatic rings. The molecule has 7 heteroatoms. The topological polar surface area (TPSA) is 86.1 Å². The molecule has 0 spiro atoms. The minimum Gasteiger partial charge on any atom is -0.370 e. The molecule has 114 valence electrons. The van der Waals surface area contributed by atoms with E-state index in [4.69, 9.17) is 5.26 Å². The summed E-state index contributed by atoms with van der Waals surface area (Å²) in [5.74, 6) is 0.564. The van der Waals surface area contributed by atoms with Crippen LogP contribution in [-0.2, 0) is 10.0 Å². The maximum absolute atomic E-state index is 12.7. The highest BCUT2D eigenvalue weighted by Gasteiger charge is 2.37. The lowest BCUT2D eigenvalue weighted by Crippen LogP contribution is -2.34. The Balaban J connectivity index is 2.22. The number of hydrogen-bond acceptors (Lipinski definition) is 5. The van der Waals surface area contributed by atoms with Crippen molar-refractivity contribution in [2.24, 2.45) is 0 Å². The van der Waals surface area contributed by atoms with E-state index in [0.29, 0.717) is 5.82 Å². The maximum atomic E-state index is 12.7. The summed E-state index contributed by atoms with van der Waals surface area (Å²) in [5, 5.41) is 11.8. The van der Waals surface area contributed by atoms with Crippen molar-refractivity contribution in [2.75, 3.05) is 18.4 Å². The molecule has 0 aliphatic heterocycles. The first-order valence-corrected chi connectivity index (χ1v) is 8.62. The molecule has 6 nitrogen and oxygen atoms in total. The molecule has 2 rings (SSSR count). The molecule has 0 bridgehead atoms. The van der Waals surface area contributed by atoms with Gasteiger partial charge in [0.1, 0.15) is 5.82 Å². The Morgan fingerprint density at radius 3 is 2.90 bits per heavy atom. The van der Waals surface area contributed by atoms with Crippen LogP contribution in [0.4, 0.5) is 5.82 Å². The summed E-state index contributed by atoms with van der Waals surface area (Å²) in [4.78, 5) is 4.36. The monoisotopic (exact) mass is 308 g/mol. The van der Waals surface area contributed by atoms with E-state index in [0.717, 1.165) is 25.8 Å². The first-order chi connectivity index (χ1) is 10.1. The van der Waals surface area contributed by atoms with Gasteiger partial charge in [0.2, 0.25) is 10.0 Å². The Morgan fingerprint density at radius 2 is 2.29 bits per heavy atom. The van der Waals surface area contributed by atoms with Crippen LogP contribution in [0.5, 0.6) is 0 Å². The van der Waals surface area contributed by atoms with Gasteiger partial charge in [0, 0.05) is 37.8 Å². The highest BCUT2D eigenvalue weighted by Crippen LogP contribution is 2.32. The van der Waals surface area contributed by atoms with Gasteiger partial charge >= 0.3 is 0 Å². The third-order valence-corrected chi connectivity index (χ3v) is 5.24. The Labute approximate surface area is 125 Å². The fourth-order valence-corrected chi connectivity index (χ4v) is 3.78. The number of nitrogens with one attached hydrogen (secondary N) is 1. The molecule has 1 saturated carbocycles. The second-order valence-corrected chi connectivity index (χ2v) is 6.95. The molecule has 1 fully saturated rings. The summed E-state index contributed by atoms with van der Waals surface area (Å²) >= 11 is 0. The van der Waals surface area contributed by atoms with Crippen LogP contribution in [0, 0.1) is 11.3 Å². The lowest BCUT2D eigenvalue weighted by atomic mass is 10.4. The van der Waals surface area contributed by atoms with Gasteiger partial charge in [-0.25, -0.2) is 13.4 Å². The number of sulfonamides is 1. The Bertz CT molecular complexity index is 620. The Hall–Kier alpha value is -1.65. The molecular weight excluding hydrogens is 288 g/mol. The van der Waals surface area contributed by atoms with Crippen LogP contribution in [0.1, 0.15) is 32.6 Å². The van der Waals surface area contributed by atoms with Crippen LogP contribution < -0.4 is 5.32 Å². The van der Waals surface area contributed by atoms with Gasteiger partial charge in [-0.1, -0.05) is 6.92 Å². The molecule has 0 atom stereocenters. The standard InChI is InChI=1S/C14H20N4O2S/c1-2-8-16-14-11-13(6-9-17-14)21(19,20)18(10-3-7-15)12-4-5-12/h6,9,11-12H,2-5,8,10H2,1H3,(H,16,17). The van der Waals surface area contributed by atoms with Crippen molar-refractivity contribution >= 4 is 15.8 Å². The van der Waals surface area contributed by atoms with Gasteiger partial charge in [-0.3, -0.25) is 0 Å². The number of anilines is 1. The zero-order valence-corrected chi connectivity index (χ0v) is 12.9. The van der Waals surface area contributed by atoms with Crippen LogP contribution in [-0.4, -0.2) is 36.8 Å². The average molecular weight is 308 g/mol. The molecular formula is C14H20N4O2S. The van der Waals surface area contributed by atoms with Gasteiger partial charge in [-0.05, 0) is 25.3 Å². The summed E-state index contributed by atoms with van der Waals surface area (Å²) in [6.45, 7) is 3.03. The predicted octanol–water partition coefficient (Wildman–Crippen LogP) is 1.97. The van der Waals surface area contributed by atoms with Gasteiger partial charge in [0.15, 0.2) is 0 Å². The predicted molar refractivity (Wildman–Crippen MR) is 80.2 cm³/mol. The number of rotatable bonds is 8. The maximum Gasteiger partial charge on any atom is 0.243 e. The average Bonchev–Trinajstić information content (AvgIpc) is 3.30. The minimum atomic E-state index is -3.56. The van der Waals surface area contributed by atoms with E-state index in [-0.39, 0.29) is 23.9 Å². The van der Waals surface area contributed by atoms with Gasteiger partial charge in [-0.15, -0.1) is 0 Å². The second-order valence-electron chi connectivity index (χ2n) is 5.06. The van der Waals surface area contributed by atoms with E-state index in [1.54, 1.807) is 6.07 Å². The lowest BCUT2D eigenvalue weighted by Gasteiger charge is -2.21. The molecule has 0 amide bonds. The summed E-state index contributed by atoms with van der Waals surface area (Å²) < 4.78 is 26.9. The summed E-state index contributed by atoms with van der Waals surface area (Å²) in [6.07, 6.45) is 4.39. The third kappa shape index (κ3) is 3.93. The number of nitriles is 1. The first-order valence-electron chi connectivity index (χ1n) is 7.18. The summed E-state index contributed by atoms with van der Waals surface area (Å²) in [7, 11) is -3.56. The minimum absolute atomic E-state index is 0.0450. The number of aromatic nitrogens is 1. The molecule has 1 aliphatic carbocycles. The summed E-state index contributed by atoms with van der Waals surface area (Å²) in [6, 6.07) is 5.13. The molecule has 1 heterocycles. The van der Waals surface area contributed by atoms with Gasteiger partial charge in [-0.2, -0.15) is 9.57 Å². The fourth-order valence-electron chi connectivity index (χ4n) is 2.08. The van der Waals surface area contributed by atoms with E-state index in [9.17, 15) is 8.42 Å². The normalized spacial score (nSPS) is 14.9. The highest BCUT2D eigenvalue weighted by molar-refractivity contribution is 7.89. The van der Waals surface area contributed by atoms with Crippen molar-refractivity contribution in [3.05, 3.63) is 18.3 Å². The molecule has 0 unspecified atom stereocenters. The number of nitrogens with zero attached hydrogens (tertiary/aromatic N) is 3. The molecule has 0 saturated heterocycles. The van der Waals surface area contributed by atoms with Crippen molar-refractivity contribution in [2.45, 2.75) is 43.5 Å². The zero-order valence-electron chi connectivity index (χ0n) is 12.1. The fraction of sp³-hybridized carbons (Fsp3) is 0.571. The van der Waals surface area contributed by atoms with Crippen LogP contribution in [0.25, 0.3) is 0 Å². The molecule has 1 N–H and O–H groups in total. The molecule has 1 aromatic heterocycles. The van der Waals surface area contributed by atoms with Crippen LogP contribution >= 0.6 is 0 Å². The summed E-state index contributed by atoms with van der Waals surface area (Å²) in [5.41, 5.74) is 0. The smallest absolute Gasteiger partial charge is 0.243 e. The van der Waals surface area contributed by atoms with Crippen LogP contribution in [0.2, 0.25) is 0 Å². The largest absolute Gasteiger partial charge is 0.370 e. The molecule has 0 aromatic carbocycles. The number of hydrogen-bond donors (Lipinski definition) is 1. The Kier molecular flexibility index (Phi) is 5.15. The Morgan fingerprint density at radius 1 is 1.52 bits per heavy atom. The van der Waals surface area contributed by atoms with Crippen molar-refractivity contribution < 1.29 is 8.42 Å². The molecule has 1 aromatic rings. The van der Waals surface area contributed by atoms with Crippen molar-refractivity contribution in [3.8, 4) is 6.07 Å². The van der Waals surface area contributed by atoms with E-state index in [2.05, 4.69) is 10.3 Å². The first kappa shape index (κ1) is 15.7. The van der Waals surface area contributed by atoms with E-state index in [1.807, 2.05) is 13.0 Å². The van der Waals surface area contributed by atoms with Crippen molar-refractivity contribution in [1.29, 1.82) is 5.26 Å².